The van der Waals surface area contributed by atoms with Crippen LogP contribution in [-0.4, -0.2) is 9.55 Å². The number of nitrogens with zero attached hydrogens (tertiary/aromatic N) is 3. The minimum Gasteiger partial charge on any atom is -0.369 e. The number of halogens is 1. The molecule has 0 atom stereocenters. The van der Waals surface area contributed by atoms with E-state index in [0.717, 1.165) is 11.3 Å². The molecule has 5 heteroatoms. The fourth-order valence-electron chi connectivity index (χ4n) is 2.26. The maximum Gasteiger partial charge on any atom is 0.206 e. The average Bonchev–Trinajstić information content (AvgIpc) is 2.77. The van der Waals surface area contributed by atoms with Crippen LogP contribution < -0.4 is 5.73 Å². The van der Waals surface area contributed by atoms with Crippen molar-refractivity contribution in [2.45, 2.75) is 6.92 Å². The normalized spacial score (nSPS) is 10.7. The number of imidazole rings is 1. The number of para-hydroxylation sites is 1. The van der Waals surface area contributed by atoms with Crippen molar-refractivity contribution in [3.8, 4) is 11.8 Å². The van der Waals surface area contributed by atoms with E-state index in [1.54, 1.807) is 28.8 Å². The SMILES string of the molecule is Cc1ccc(C#N)cc1-n1c(N)nc2c(F)cccc21. The van der Waals surface area contributed by atoms with E-state index in [0.29, 0.717) is 11.1 Å². The molecule has 2 aromatic carbocycles. The van der Waals surface area contributed by atoms with Gasteiger partial charge in [0.2, 0.25) is 5.95 Å². The lowest BCUT2D eigenvalue weighted by molar-refractivity contribution is 0.637. The van der Waals surface area contributed by atoms with Crippen LogP contribution in [0.25, 0.3) is 16.7 Å². The predicted molar refractivity (Wildman–Crippen MR) is 74.9 cm³/mol. The van der Waals surface area contributed by atoms with Crippen LogP contribution in [0.4, 0.5) is 10.3 Å². The van der Waals surface area contributed by atoms with Gasteiger partial charge < -0.3 is 5.73 Å². The Morgan fingerprint density at radius 1 is 1.30 bits per heavy atom. The molecule has 98 valence electrons. The van der Waals surface area contributed by atoms with Crippen LogP contribution in [0.1, 0.15) is 11.1 Å². The quantitative estimate of drug-likeness (QED) is 0.736. The first-order chi connectivity index (χ1) is 9.61. The third-order valence-corrected chi connectivity index (χ3v) is 3.24. The number of hydrogen-bond acceptors (Lipinski definition) is 3. The standard InChI is InChI=1S/C15H11FN4/c1-9-5-6-10(8-17)7-13(9)20-12-4-2-3-11(16)14(12)19-15(20)18/h2-7H,1H3,(H2,18,19). The van der Waals surface area contributed by atoms with Crippen molar-refractivity contribution >= 4 is 17.0 Å². The van der Waals surface area contributed by atoms with Crippen LogP contribution in [0.15, 0.2) is 36.4 Å². The summed E-state index contributed by atoms with van der Waals surface area (Å²) in [5, 5.41) is 9.01. The Hall–Kier alpha value is -2.87. The molecule has 3 rings (SSSR count). The highest BCUT2D eigenvalue weighted by molar-refractivity contribution is 5.81. The molecule has 0 aliphatic rings. The number of benzene rings is 2. The van der Waals surface area contributed by atoms with Crippen LogP contribution >= 0.6 is 0 Å². The van der Waals surface area contributed by atoms with Crippen molar-refractivity contribution in [3.63, 3.8) is 0 Å². The second kappa shape index (κ2) is 4.35. The average molecular weight is 266 g/mol. The summed E-state index contributed by atoms with van der Waals surface area (Å²) in [7, 11) is 0. The van der Waals surface area contributed by atoms with Crippen molar-refractivity contribution < 1.29 is 4.39 Å². The molecule has 2 N–H and O–H groups in total. The van der Waals surface area contributed by atoms with E-state index in [2.05, 4.69) is 11.1 Å². The summed E-state index contributed by atoms with van der Waals surface area (Å²) in [6.07, 6.45) is 0. The van der Waals surface area contributed by atoms with E-state index in [4.69, 9.17) is 11.0 Å². The zero-order chi connectivity index (χ0) is 14.3. The molecule has 0 fully saturated rings. The number of nitriles is 1. The van der Waals surface area contributed by atoms with Gasteiger partial charge in [-0.1, -0.05) is 12.1 Å². The minimum absolute atomic E-state index is 0.197. The summed E-state index contributed by atoms with van der Waals surface area (Å²) in [5.41, 5.74) is 8.91. The summed E-state index contributed by atoms with van der Waals surface area (Å²) in [5.74, 6) is -0.217. The fraction of sp³-hybridized carbons (Fsp3) is 0.0667. The first kappa shape index (κ1) is 12.2. The third kappa shape index (κ3) is 1.70. The molecule has 0 saturated carbocycles. The highest BCUT2D eigenvalue weighted by Crippen LogP contribution is 2.27. The Morgan fingerprint density at radius 2 is 2.10 bits per heavy atom. The number of fused-ring (bicyclic) bond motifs is 1. The van der Waals surface area contributed by atoms with Crippen molar-refractivity contribution in [1.29, 1.82) is 5.26 Å². The van der Waals surface area contributed by atoms with Crippen molar-refractivity contribution in [1.82, 2.24) is 9.55 Å². The van der Waals surface area contributed by atoms with Crippen LogP contribution in [0.5, 0.6) is 0 Å². The number of rotatable bonds is 1. The molecule has 0 radical (unpaired) electrons. The number of nitrogens with two attached hydrogens (primary N) is 1. The first-order valence-corrected chi connectivity index (χ1v) is 6.05. The van der Waals surface area contributed by atoms with Gasteiger partial charge in [-0.15, -0.1) is 0 Å². The molecule has 1 aromatic heterocycles. The summed E-state index contributed by atoms with van der Waals surface area (Å²) >= 11 is 0. The van der Waals surface area contributed by atoms with Crippen molar-refractivity contribution in [3.05, 3.63) is 53.3 Å². The summed E-state index contributed by atoms with van der Waals surface area (Å²) in [6, 6.07) is 12.1. The van der Waals surface area contributed by atoms with Crippen molar-refractivity contribution in [2.24, 2.45) is 0 Å². The van der Waals surface area contributed by atoms with Gasteiger partial charge in [-0.05, 0) is 36.8 Å². The van der Waals surface area contributed by atoms with E-state index in [9.17, 15) is 4.39 Å². The van der Waals surface area contributed by atoms with E-state index in [1.807, 2.05) is 13.0 Å². The lowest BCUT2D eigenvalue weighted by atomic mass is 10.1. The van der Waals surface area contributed by atoms with Gasteiger partial charge in [0.1, 0.15) is 5.52 Å². The van der Waals surface area contributed by atoms with Crippen LogP contribution in [0.3, 0.4) is 0 Å². The van der Waals surface area contributed by atoms with E-state index < -0.39 is 5.82 Å². The summed E-state index contributed by atoms with van der Waals surface area (Å²) < 4.78 is 15.4. The van der Waals surface area contributed by atoms with Crippen LogP contribution in [0, 0.1) is 24.1 Å². The second-order valence-corrected chi connectivity index (χ2v) is 4.53. The van der Waals surface area contributed by atoms with E-state index in [1.165, 1.54) is 6.07 Å². The Labute approximate surface area is 114 Å². The highest BCUT2D eigenvalue weighted by Gasteiger charge is 2.14. The lowest BCUT2D eigenvalue weighted by Crippen LogP contribution is -2.03. The number of aromatic nitrogens is 2. The van der Waals surface area contributed by atoms with Crippen LogP contribution in [-0.2, 0) is 0 Å². The number of nitrogen functional groups attached to an aromatic ring is 1. The minimum atomic E-state index is -0.415. The molecular formula is C15H11FN4. The second-order valence-electron chi connectivity index (χ2n) is 4.53. The molecule has 0 unspecified atom stereocenters. The molecule has 0 saturated heterocycles. The topological polar surface area (TPSA) is 67.6 Å². The molecule has 0 aliphatic carbocycles. The van der Waals surface area contributed by atoms with Gasteiger partial charge in [-0.25, -0.2) is 9.37 Å². The molecule has 0 spiro atoms. The number of hydrogen-bond donors (Lipinski definition) is 1. The maximum atomic E-state index is 13.8. The Morgan fingerprint density at radius 3 is 2.85 bits per heavy atom. The highest BCUT2D eigenvalue weighted by atomic mass is 19.1. The maximum absolute atomic E-state index is 13.8. The summed E-state index contributed by atoms with van der Waals surface area (Å²) in [4.78, 5) is 4.07. The largest absolute Gasteiger partial charge is 0.369 e. The van der Waals surface area contributed by atoms with Gasteiger partial charge in [0, 0.05) is 0 Å². The molecule has 3 aromatic rings. The molecule has 0 aliphatic heterocycles. The van der Waals surface area contributed by atoms with E-state index >= 15 is 0 Å². The van der Waals surface area contributed by atoms with Gasteiger partial charge in [0.25, 0.3) is 0 Å². The van der Waals surface area contributed by atoms with Crippen LogP contribution in [0.2, 0.25) is 0 Å². The van der Waals surface area contributed by atoms with Gasteiger partial charge in [-0.3, -0.25) is 4.57 Å². The van der Waals surface area contributed by atoms with Gasteiger partial charge in [-0.2, -0.15) is 5.26 Å². The fourth-order valence-corrected chi connectivity index (χ4v) is 2.26. The third-order valence-electron chi connectivity index (χ3n) is 3.24. The zero-order valence-electron chi connectivity index (χ0n) is 10.8. The summed E-state index contributed by atoms with van der Waals surface area (Å²) in [6.45, 7) is 1.90. The zero-order valence-corrected chi connectivity index (χ0v) is 10.8. The molecule has 4 nitrogen and oxygen atoms in total. The monoisotopic (exact) mass is 266 g/mol. The number of aryl methyl sites for hydroxylation is 1. The molecule has 1 heterocycles. The molecule has 20 heavy (non-hydrogen) atoms. The van der Waals surface area contributed by atoms with Gasteiger partial charge in [0.15, 0.2) is 5.82 Å². The number of anilines is 1. The smallest absolute Gasteiger partial charge is 0.206 e. The Kier molecular flexibility index (Phi) is 2.65. The molecule has 0 amide bonds. The Bertz CT molecular complexity index is 858. The van der Waals surface area contributed by atoms with Gasteiger partial charge >= 0.3 is 0 Å². The van der Waals surface area contributed by atoms with Crippen molar-refractivity contribution in [2.75, 3.05) is 5.73 Å². The van der Waals surface area contributed by atoms with Gasteiger partial charge in [0.05, 0.1) is 22.8 Å². The predicted octanol–water partition coefficient (Wildman–Crippen LogP) is 2.93. The van der Waals surface area contributed by atoms with E-state index in [-0.39, 0.29) is 11.5 Å². The lowest BCUT2D eigenvalue weighted by Gasteiger charge is -2.10. The molecular weight excluding hydrogens is 255 g/mol. The molecule has 0 bridgehead atoms. The Balaban J connectivity index is 2.38. The first-order valence-electron chi connectivity index (χ1n) is 6.05.